The third-order valence-electron chi connectivity index (χ3n) is 4.62. The summed E-state index contributed by atoms with van der Waals surface area (Å²) in [6.45, 7) is 3.61. The molecule has 0 unspecified atom stereocenters. The van der Waals surface area contributed by atoms with Crippen LogP contribution in [0.4, 0.5) is 17.2 Å². The van der Waals surface area contributed by atoms with Crippen molar-refractivity contribution in [1.82, 2.24) is 10.3 Å². The first-order valence-electron chi connectivity index (χ1n) is 9.06. The standard InChI is InChI=1S/C19H23N5O4/c1-28-13-8-20-19(25)15-6-7-18(21-14-15)23-11-9-22(10-12-23)16-4-2-3-5-17(16)24(26)27/h2-7,14H,8-13H2,1H3,(H,20,25). The van der Waals surface area contributed by atoms with Crippen LogP contribution in [-0.4, -0.2) is 62.3 Å². The van der Waals surface area contributed by atoms with Crippen molar-refractivity contribution in [3.05, 3.63) is 58.3 Å². The number of pyridine rings is 1. The number of nitrogens with one attached hydrogen (secondary N) is 1. The van der Waals surface area contributed by atoms with E-state index in [-0.39, 0.29) is 16.5 Å². The number of hydrogen-bond donors (Lipinski definition) is 1. The van der Waals surface area contributed by atoms with Gasteiger partial charge in [0.1, 0.15) is 11.5 Å². The molecule has 3 rings (SSSR count). The number of benzene rings is 1. The second-order valence-corrected chi connectivity index (χ2v) is 6.37. The highest BCUT2D eigenvalue weighted by molar-refractivity contribution is 5.94. The minimum atomic E-state index is -0.348. The minimum Gasteiger partial charge on any atom is -0.383 e. The number of para-hydroxylation sites is 2. The van der Waals surface area contributed by atoms with Crippen LogP contribution in [0.3, 0.4) is 0 Å². The first-order chi connectivity index (χ1) is 13.6. The normalized spacial score (nSPS) is 14.0. The molecule has 1 N–H and O–H groups in total. The van der Waals surface area contributed by atoms with E-state index in [1.54, 1.807) is 31.5 Å². The van der Waals surface area contributed by atoms with Crippen LogP contribution >= 0.6 is 0 Å². The maximum atomic E-state index is 12.0. The predicted octanol–water partition coefficient (Wildman–Crippen LogP) is 1.69. The van der Waals surface area contributed by atoms with Gasteiger partial charge in [-0.2, -0.15) is 0 Å². The fourth-order valence-corrected chi connectivity index (χ4v) is 3.14. The second-order valence-electron chi connectivity index (χ2n) is 6.37. The van der Waals surface area contributed by atoms with Crippen molar-refractivity contribution in [2.75, 3.05) is 56.2 Å². The highest BCUT2D eigenvalue weighted by Gasteiger charge is 2.23. The Bertz CT molecular complexity index is 819. The van der Waals surface area contributed by atoms with Gasteiger partial charge in [-0.3, -0.25) is 14.9 Å². The van der Waals surface area contributed by atoms with E-state index in [0.29, 0.717) is 50.6 Å². The molecule has 9 nitrogen and oxygen atoms in total. The van der Waals surface area contributed by atoms with Gasteiger partial charge in [0.15, 0.2) is 0 Å². The maximum absolute atomic E-state index is 12.0. The molecule has 2 aromatic rings. The first-order valence-corrected chi connectivity index (χ1v) is 9.06. The summed E-state index contributed by atoms with van der Waals surface area (Å²) in [6.07, 6.45) is 1.56. The van der Waals surface area contributed by atoms with Gasteiger partial charge in [-0.15, -0.1) is 0 Å². The Hall–Kier alpha value is -3.20. The second kappa shape index (κ2) is 9.14. The number of nitro benzene ring substituents is 1. The van der Waals surface area contributed by atoms with Crippen LogP contribution in [0.5, 0.6) is 0 Å². The van der Waals surface area contributed by atoms with Gasteiger partial charge in [0.25, 0.3) is 11.6 Å². The lowest BCUT2D eigenvalue weighted by molar-refractivity contribution is -0.384. The minimum absolute atomic E-state index is 0.123. The van der Waals surface area contributed by atoms with Gasteiger partial charge in [0, 0.05) is 52.1 Å². The molecule has 1 saturated heterocycles. The van der Waals surface area contributed by atoms with Gasteiger partial charge >= 0.3 is 0 Å². The van der Waals surface area contributed by atoms with Gasteiger partial charge in [0.05, 0.1) is 17.1 Å². The van der Waals surface area contributed by atoms with Crippen molar-refractivity contribution < 1.29 is 14.5 Å². The summed E-state index contributed by atoms with van der Waals surface area (Å²) in [5.41, 5.74) is 1.26. The number of nitrogens with zero attached hydrogens (tertiary/aromatic N) is 4. The molecular formula is C19H23N5O4. The van der Waals surface area contributed by atoms with Crippen molar-refractivity contribution in [2.45, 2.75) is 0 Å². The number of nitro groups is 1. The maximum Gasteiger partial charge on any atom is 0.292 e. The Kier molecular flexibility index (Phi) is 6.38. The van der Waals surface area contributed by atoms with Crippen LogP contribution in [0.25, 0.3) is 0 Å². The summed E-state index contributed by atoms with van der Waals surface area (Å²) in [6, 6.07) is 10.4. The average Bonchev–Trinajstić information content (AvgIpc) is 2.74. The molecule has 28 heavy (non-hydrogen) atoms. The van der Waals surface area contributed by atoms with E-state index in [2.05, 4.69) is 15.2 Å². The Labute approximate surface area is 163 Å². The quantitative estimate of drug-likeness (QED) is 0.440. The third kappa shape index (κ3) is 4.55. The largest absolute Gasteiger partial charge is 0.383 e. The van der Waals surface area contributed by atoms with Crippen LogP contribution in [-0.2, 0) is 4.74 Å². The SMILES string of the molecule is COCCNC(=O)c1ccc(N2CCN(c3ccccc3[N+](=O)[O-])CC2)nc1. The van der Waals surface area contributed by atoms with Crippen molar-refractivity contribution in [3.63, 3.8) is 0 Å². The summed E-state index contributed by atoms with van der Waals surface area (Å²) >= 11 is 0. The molecule has 148 valence electrons. The number of hydrogen-bond acceptors (Lipinski definition) is 7. The van der Waals surface area contributed by atoms with Crippen LogP contribution in [0.1, 0.15) is 10.4 Å². The van der Waals surface area contributed by atoms with Gasteiger partial charge < -0.3 is 19.9 Å². The molecular weight excluding hydrogens is 362 g/mol. The average molecular weight is 385 g/mol. The number of aromatic nitrogens is 1. The molecule has 1 aromatic carbocycles. The Balaban J connectivity index is 1.59. The lowest BCUT2D eigenvalue weighted by Crippen LogP contribution is -2.47. The highest BCUT2D eigenvalue weighted by atomic mass is 16.6. The fraction of sp³-hybridized carbons (Fsp3) is 0.368. The topological polar surface area (TPSA) is 101 Å². The molecule has 1 amide bonds. The lowest BCUT2D eigenvalue weighted by atomic mass is 10.2. The Morgan fingerprint density at radius 3 is 2.54 bits per heavy atom. The van der Waals surface area contributed by atoms with E-state index >= 15 is 0 Å². The van der Waals surface area contributed by atoms with Crippen molar-refractivity contribution >= 4 is 23.1 Å². The van der Waals surface area contributed by atoms with Crippen LogP contribution < -0.4 is 15.1 Å². The van der Waals surface area contributed by atoms with Crippen LogP contribution in [0.15, 0.2) is 42.6 Å². The molecule has 1 aromatic heterocycles. The first kappa shape index (κ1) is 19.6. The summed E-state index contributed by atoms with van der Waals surface area (Å²) < 4.78 is 4.91. The lowest BCUT2D eigenvalue weighted by Gasteiger charge is -2.36. The number of amides is 1. The van der Waals surface area contributed by atoms with Crippen LogP contribution in [0, 0.1) is 10.1 Å². The number of anilines is 2. The van der Waals surface area contributed by atoms with E-state index in [1.807, 2.05) is 17.0 Å². The van der Waals surface area contributed by atoms with Gasteiger partial charge in [0.2, 0.25) is 0 Å². The fourth-order valence-electron chi connectivity index (χ4n) is 3.14. The molecule has 1 aliphatic rings. The molecule has 9 heteroatoms. The Morgan fingerprint density at radius 2 is 1.89 bits per heavy atom. The molecule has 0 radical (unpaired) electrons. The molecule has 1 aliphatic heterocycles. The van der Waals surface area contributed by atoms with Crippen molar-refractivity contribution in [3.8, 4) is 0 Å². The number of ether oxygens (including phenoxy) is 1. The number of carbonyl (C=O) groups excluding carboxylic acids is 1. The summed E-state index contributed by atoms with van der Waals surface area (Å²) in [5, 5.41) is 14.0. The number of rotatable bonds is 7. The van der Waals surface area contributed by atoms with Gasteiger partial charge in [-0.25, -0.2) is 4.98 Å². The van der Waals surface area contributed by atoms with E-state index in [9.17, 15) is 14.9 Å². The molecule has 0 aliphatic carbocycles. The van der Waals surface area contributed by atoms with Crippen LogP contribution in [0.2, 0.25) is 0 Å². The number of carbonyl (C=O) groups is 1. The summed E-state index contributed by atoms with van der Waals surface area (Å²) in [7, 11) is 1.58. The summed E-state index contributed by atoms with van der Waals surface area (Å²) in [5.74, 6) is 0.605. The number of piperazine rings is 1. The zero-order chi connectivity index (χ0) is 19.9. The Morgan fingerprint density at radius 1 is 1.18 bits per heavy atom. The molecule has 0 spiro atoms. The van der Waals surface area contributed by atoms with Gasteiger partial charge in [-0.1, -0.05) is 12.1 Å². The summed E-state index contributed by atoms with van der Waals surface area (Å²) in [4.78, 5) is 31.4. The van der Waals surface area contributed by atoms with Crippen molar-refractivity contribution in [2.24, 2.45) is 0 Å². The molecule has 0 bridgehead atoms. The molecule has 2 heterocycles. The van der Waals surface area contributed by atoms with Gasteiger partial charge in [-0.05, 0) is 18.2 Å². The van der Waals surface area contributed by atoms with E-state index in [1.165, 1.54) is 6.07 Å². The molecule has 1 fully saturated rings. The van der Waals surface area contributed by atoms with Crippen molar-refractivity contribution in [1.29, 1.82) is 0 Å². The number of methoxy groups -OCH3 is 1. The zero-order valence-corrected chi connectivity index (χ0v) is 15.7. The predicted molar refractivity (Wildman–Crippen MR) is 106 cm³/mol. The monoisotopic (exact) mass is 385 g/mol. The molecule has 0 atom stereocenters. The van der Waals surface area contributed by atoms with E-state index < -0.39 is 0 Å². The van der Waals surface area contributed by atoms with E-state index in [0.717, 1.165) is 5.82 Å². The highest BCUT2D eigenvalue weighted by Crippen LogP contribution is 2.28. The third-order valence-corrected chi connectivity index (χ3v) is 4.62. The van der Waals surface area contributed by atoms with E-state index in [4.69, 9.17) is 4.74 Å². The smallest absolute Gasteiger partial charge is 0.292 e. The zero-order valence-electron chi connectivity index (χ0n) is 15.7. The molecule has 0 saturated carbocycles.